The number of hydrogen-bond donors (Lipinski definition) is 2. The summed E-state index contributed by atoms with van der Waals surface area (Å²) in [5, 5.41) is 5.93. The van der Waals surface area contributed by atoms with E-state index in [9.17, 15) is 9.59 Å². The quantitative estimate of drug-likeness (QED) is 0.850. The van der Waals surface area contributed by atoms with Gasteiger partial charge in [0.2, 0.25) is 11.8 Å². The van der Waals surface area contributed by atoms with E-state index in [-0.39, 0.29) is 24.9 Å². The molecule has 0 unspecified atom stereocenters. The number of carbonyl (C=O) groups is 2. The second-order valence-corrected chi connectivity index (χ2v) is 6.34. The van der Waals surface area contributed by atoms with Gasteiger partial charge in [-0.15, -0.1) is 0 Å². The number of carbonyl (C=O) groups excluding carboxylic acids is 2. The number of hydrogen-bond acceptors (Lipinski definition) is 3. The van der Waals surface area contributed by atoms with Crippen molar-refractivity contribution in [2.75, 3.05) is 30.8 Å². The van der Waals surface area contributed by atoms with E-state index in [0.29, 0.717) is 0 Å². The van der Waals surface area contributed by atoms with Crippen LogP contribution in [0.4, 0.5) is 11.4 Å². The van der Waals surface area contributed by atoms with E-state index in [4.69, 9.17) is 0 Å². The summed E-state index contributed by atoms with van der Waals surface area (Å²) in [7, 11) is 1.63. The molecule has 2 rings (SSSR count). The minimum Gasteiger partial charge on any atom is -0.376 e. The van der Waals surface area contributed by atoms with Crippen molar-refractivity contribution in [3.8, 4) is 0 Å². The Kier molecular flexibility index (Phi) is 6.17. The zero-order chi connectivity index (χ0) is 18.4. The Hall–Kier alpha value is -2.82. The number of aryl methyl sites for hydroxylation is 3. The first kappa shape index (κ1) is 18.5. The number of nitrogens with one attached hydrogen (secondary N) is 2. The van der Waals surface area contributed by atoms with Crippen molar-refractivity contribution >= 4 is 23.2 Å². The van der Waals surface area contributed by atoms with Crippen LogP contribution in [0.1, 0.15) is 16.7 Å². The Balaban J connectivity index is 1.84. The molecule has 0 saturated carbocycles. The van der Waals surface area contributed by atoms with Gasteiger partial charge >= 0.3 is 0 Å². The van der Waals surface area contributed by atoms with Gasteiger partial charge in [-0.3, -0.25) is 9.59 Å². The summed E-state index contributed by atoms with van der Waals surface area (Å²) in [6, 6.07) is 13.6. The van der Waals surface area contributed by atoms with Gasteiger partial charge < -0.3 is 15.5 Å². The third kappa shape index (κ3) is 5.64. The monoisotopic (exact) mass is 339 g/mol. The lowest BCUT2D eigenvalue weighted by Crippen LogP contribution is -2.38. The molecule has 0 radical (unpaired) electrons. The molecular weight excluding hydrogens is 314 g/mol. The molecule has 25 heavy (non-hydrogen) atoms. The maximum absolute atomic E-state index is 12.2. The molecule has 0 bridgehead atoms. The fraction of sp³-hybridized carbons (Fsp3) is 0.300. The SMILES string of the molecule is Cc1ccc(NC(=O)CN(C)C(=O)CNc2cc(C)ccc2C)cc1. The molecular formula is C20H25N3O2. The first-order chi connectivity index (χ1) is 11.8. The number of amides is 2. The van der Waals surface area contributed by atoms with Gasteiger partial charge in [0.15, 0.2) is 0 Å². The largest absolute Gasteiger partial charge is 0.376 e. The van der Waals surface area contributed by atoms with E-state index >= 15 is 0 Å². The summed E-state index contributed by atoms with van der Waals surface area (Å²) in [6.07, 6.45) is 0. The second-order valence-electron chi connectivity index (χ2n) is 6.34. The van der Waals surface area contributed by atoms with Gasteiger partial charge in [-0.25, -0.2) is 0 Å². The van der Waals surface area contributed by atoms with Crippen LogP contribution in [0.2, 0.25) is 0 Å². The van der Waals surface area contributed by atoms with Crippen molar-refractivity contribution in [3.63, 3.8) is 0 Å². The summed E-state index contributed by atoms with van der Waals surface area (Å²) in [4.78, 5) is 25.7. The Morgan fingerprint density at radius 3 is 2.28 bits per heavy atom. The summed E-state index contributed by atoms with van der Waals surface area (Å²) >= 11 is 0. The fourth-order valence-electron chi connectivity index (χ4n) is 2.37. The van der Waals surface area contributed by atoms with Gasteiger partial charge in [0, 0.05) is 18.4 Å². The molecule has 0 aliphatic carbocycles. The van der Waals surface area contributed by atoms with Crippen molar-refractivity contribution in [1.82, 2.24) is 4.90 Å². The standard InChI is InChI=1S/C20H25N3O2/c1-14-6-9-17(10-7-14)22-19(24)13-23(4)20(25)12-21-18-11-15(2)5-8-16(18)3/h5-11,21H,12-13H2,1-4H3,(H,22,24). The molecule has 0 aliphatic heterocycles. The molecule has 0 aliphatic rings. The number of nitrogens with zero attached hydrogens (tertiary/aromatic N) is 1. The Labute approximate surface area is 149 Å². The molecule has 0 fully saturated rings. The number of likely N-dealkylation sites (N-methyl/N-ethyl adjacent to an activating group) is 1. The van der Waals surface area contributed by atoms with Gasteiger partial charge in [-0.05, 0) is 50.1 Å². The van der Waals surface area contributed by atoms with Crippen LogP contribution in [0.15, 0.2) is 42.5 Å². The Bertz CT molecular complexity index is 754. The molecule has 0 spiro atoms. The molecule has 2 aromatic carbocycles. The van der Waals surface area contributed by atoms with Crippen LogP contribution in [-0.2, 0) is 9.59 Å². The summed E-state index contributed by atoms with van der Waals surface area (Å²) in [5.41, 5.74) is 5.00. The first-order valence-electron chi connectivity index (χ1n) is 8.27. The number of anilines is 2. The number of rotatable bonds is 6. The fourth-order valence-corrected chi connectivity index (χ4v) is 2.37. The Morgan fingerprint density at radius 1 is 0.960 bits per heavy atom. The zero-order valence-corrected chi connectivity index (χ0v) is 15.2. The number of benzene rings is 2. The molecule has 0 aromatic heterocycles. The van der Waals surface area contributed by atoms with Gasteiger partial charge in [0.05, 0.1) is 13.1 Å². The minimum absolute atomic E-state index is 0.0151. The molecule has 2 amide bonds. The lowest BCUT2D eigenvalue weighted by atomic mass is 10.1. The molecule has 132 valence electrons. The molecule has 0 atom stereocenters. The molecule has 0 heterocycles. The van der Waals surface area contributed by atoms with Gasteiger partial charge in [-0.1, -0.05) is 29.8 Å². The third-order valence-electron chi connectivity index (χ3n) is 3.96. The van der Waals surface area contributed by atoms with Gasteiger partial charge in [-0.2, -0.15) is 0 Å². The van der Waals surface area contributed by atoms with E-state index in [1.165, 1.54) is 4.90 Å². The highest BCUT2D eigenvalue weighted by atomic mass is 16.2. The average Bonchev–Trinajstić information content (AvgIpc) is 2.57. The van der Waals surface area contributed by atoms with Crippen molar-refractivity contribution in [1.29, 1.82) is 0 Å². The highest BCUT2D eigenvalue weighted by molar-refractivity contribution is 5.95. The summed E-state index contributed by atoms with van der Waals surface area (Å²) in [6.45, 7) is 6.15. The van der Waals surface area contributed by atoms with Crippen LogP contribution < -0.4 is 10.6 Å². The van der Waals surface area contributed by atoms with Gasteiger partial charge in [0.1, 0.15) is 0 Å². The van der Waals surface area contributed by atoms with Crippen LogP contribution in [0, 0.1) is 20.8 Å². The third-order valence-corrected chi connectivity index (χ3v) is 3.96. The van der Waals surface area contributed by atoms with E-state index < -0.39 is 0 Å². The normalized spacial score (nSPS) is 10.2. The zero-order valence-electron chi connectivity index (χ0n) is 15.2. The maximum atomic E-state index is 12.2. The van der Waals surface area contributed by atoms with E-state index in [1.54, 1.807) is 7.05 Å². The second kappa shape index (κ2) is 8.33. The summed E-state index contributed by atoms with van der Waals surface area (Å²) < 4.78 is 0. The lowest BCUT2D eigenvalue weighted by molar-refractivity contribution is -0.131. The van der Waals surface area contributed by atoms with Crippen molar-refractivity contribution in [2.45, 2.75) is 20.8 Å². The predicted molar refractivity (Wildman–Crippen MR) is 102 cm³/mol. The lowest BCUT2D eigenvalue weighted by Gasteiger charge is -2.18. The Morgan fingerprint density at radius 2 is 1.60 bits per heavy atom. The summed E-state index contributed by atoms with van der Waals surface area (Å²) in [5.74, 6) is -0.355. The average molecular weight is 339 g/mol. The molecule has 2 aromatic rings. The molecule has 5 nitrogen and oxygen atoms in total. The van der Waals surface area contributed by atoms with Crippen molar-refractivity contribution in [3.05, 3.63) is 59.2 Å². The smallest absolute Gasteiger partial charge is 0.243 e. The maximum Gasteiger partial charge on any atom is 0.243 e. The van der Waals surface area contributed by atoms with Gasteiger partial charge in [0.25, 0.3) is 0 Å². The van der Waals surface area contributed by atoms with E-state index in [0.717, 1.165) is 28.1 Å². The predicted octanol–water partition coefficient (Wildman–Crippen LogP) is 3.12. The topological polar surface area (TPSA) is 61.4 Å². The van der Waals surface area contributed by atoms with Crippen LogP contribution >= 0.6 is 0 Å². The van der Waals surface area contributed by atoms with Crippen LogP contribution in [0.3, 0.4) is 0 Å². The van der Waals surface area contributed by atoms with Crippen molar-refractivity contribution < 1.29 is 9.59 Å². The molecule has 5 heteroatoms. The van der Waals surface area contributed by atoms with E-state index in [2.05, 4.69) is 10.6 Å². The first-order valence-corrected chi connectivity index (χ1v) is 8.27. The molecule has 2 N–H and O–H groups in total. The van der Waals surface area contributed by atoms with Crippen LogP contribution in [0.25, 0.3) is 0 Å². The minimum atomic E-state index is -0.216. The van der Waals surface area contributed by atoms with Crippen molar-refractivity contribution in [2.24, 2.45) is 0 Å². The van der Waals surface area contributed by atoms with Crippen LogP contribution in [-0.4, -0.2) is 36.9 Å². The highest BCUT2D eigenvalue weighted by Crippen LogP contribution is 2.16. The highest BCUT2D eigenvalue weighted by Gasteiger charge is 2.13. The van der Waals surface area contributed by atoms with Crippen LogP contribution in [0.5, 0.6) is 0 Å². The molecule has 0 saturated heterocycles. The van der Waals surface area contributed by atoms with E-state index in [1.807, 2.05) is 63.2 Å².